The molecule has 0 spiro atoms. The lowest BCUT2D eigenvalue weighted by atomic mass is 10.1. The summed E-state index contributed by atoms with van der Waals surface area (Å²) in [5, 5.41) is 20.2. The zero-order chi connectivity index (χ0) is 23.3. The van der Waals surface area contributed by atoms with Crippen molar-refractivity contribution in [2.45, 2.75) is 26.1 Å². The molecule has 1 aromatic heterocycles. The van der Waals surface area contributed by atoms with Crippen LogP contribution >= 0.6 is 0 Å². The number of carbonyl (C=O) groups excluding carboxylic acids is 1. The van der Waals surface area contributed by atoms with E-state index in [2.05, 4.69) is 20.5 Å². The minimum absolute atomic E-state index is 0.100. The van der Waals surface area contributed by atoms with E-state index < -0.39 is 11.7 Å². The van der Waals surface area contributed by atoms with Crippen molar-refractivity contribution in [1.82, 2.24) is 25.4 Å². The molecule has 1 aliphatic rings. The maximum absolute atomic E-state index is 12.8. The molecule has 0 saturated carbocycles. The molecule has 2 heterocycles. The summed E-state index contributed by atoms with van der Waals surface area (Å²) < 4.78 is 38.3. The van der Waals surface area contributed by atoms with Crippen LogP contribution in [0.25, 0.3) is 11.3 Å². The molecule has 1 aromatic carbocycles. The number of nitrogens with zero attached hydrogens (tertiary/aromatic N) is 5. The highest BCUT2D eigenvalue weighted by molar-refractivity contribution is 5.78. The monoisotopic (exact) mass is 452 g/mol. The van der Waals surface area contributed by atoms with E-state index in [1.165, 1.54) is 18.3 Å². The number of alkyl halides is 3. The number of anilines is 1. The number of aliphatic hydroxyl groups excluding tert-OH is 1. The topological polar surface area (TPSA) is 94.5 Å². The summed E-state index contributed by atoms with van der Waals surface area (Å²) in [6.07, 6.45) is -2.98. The Balaban J connectivity index is 1.58. The highest BCUT2D eigenvalue weighted by Gasteiger charge is 2.30. The van der Waals surface area contributed by atoms with Gasteiger partial charge in [-0.15, -0.1) is 5.10 Å². The van der Waals surface area contributed by atoms with E-state index in [4.69, 9.17) is 0 Å². The van der Waals surface area contributed by atoms with Crippen molar-refractivity contribution < 1.29 is 23.1 Å². The van der Waals surface area contributed by atoms with Gasteiger partial charge in [-0.3, -0.25) is 9.69 Å². The Morgan fingerprint density at radius 2 is 1.81 bits per heavy atom. The second-order valence-electron chi connectivity index (χ2n) is 8.08. The summed E-state index contributed by atoms with van der Waals surface area (Å²) in [5.41, 5.74) is 0.240. The quantitative estimate of drug-likeness (QED) is 0.662. The van der Waals surface area contributed by atoms with Crippen LogP contribution in [-0.4, -0.2) is 76.5 Å². The van der Waals surface area contributed by atoms with Crippen LogP contribution in [-0.2, 0) is 11.0 Å². The number of carbonyl (C=O) groups is 1. The Morgan fingerprint density at radius 1 is 1.16 bits per heavy atom. The molecule has 1 saturated heterocycles. The van der Waals surface area contributed by atoms with Gasteiger partial charge in [-0.05, 0) is 18.1 Å². The number of rotatable bonds is 7. The second kappa shape index (κ2) is 10.2. The Bertz CT molecular complexity index is 899. The number of aliphatic hydroxyl groups is 1. The molecule has 3 rings (SSSR count). The third-order valence-electron chi connectivity index (χ3n) is 5.43. The molecule has 1 atom stereocenters. The molecule has 11 heteroatoms. The van der Waals surface area contributed by atoms with Crippen LogP contribution in [0.2, 0.25) is 0 Å². The Morgan fingerprint density at radius 3 is 2.38 bits per heavy atom. The van der Waals surface area contributed by atoms with Crippen LogP contribution in [0.4, 0.5) is 19.1 Å². The first kappa shape index (κ1) is 23.9. The Labute approximate surface area is 184 Å². The number of halogens is 3. The van der Waals surface area contributed by atoms with Gasteiger partial charge in [0.05, 0.1) is 36.6 Å². The average Bonchev–Trinajstić information content (AvgIpc) is 2.77. The largest absolute Gasteiger partial charge is 0.416 e. The lowest BCUT2D eigenvalue weighted by Gasteiger charge is -2.34. The Kier molecular flexibility index (Phi) is 7.62. The van der Waals surface area contributed by atoms with Crippen molar-refractivity contribution >= 4 is 11.9 Å². The van der Waals surface area contributed by atoms with Crippen LogP contribution in [0.1, 0.15) is 19.4 Å². The van der Waals surface area contributed by atoms with E-state index in [1.54, 1.807) is 0 Å². The van der Waals surface area contributed by atoms with Crippen LogP contribution in [0.3, 0.4) is 0 Å². The molecule has 8 nitrogen and oxygen atoms in total. The van der Waals surface area contributed by atoms with E-state index in [0.29, 0.717) is 43.4 Å². The molecule has 2 N–H and O–H groups in total. The summed E-state index contributed by atoms with van der Waals surface area (Å²) in [6.45, 7) is 6.41. The SMILES string of the molecule is CC(C)[C@@H](CO)NC(=O)CN1CCN(c2nncc(-c3ccc(C(F)(F)F)cc3)n2)CC1. The molecule has 0 unspecified atom stereocenters. The van der Waals surface area contributed by atoms with Gasteiger partial charge in [0.25, 0.3) is 0 Å². The fourth-order valence-corrected chi connectivity index (χ4v) is 3.38. The van der Waals surface area contributed by atoms with Crippen molar-refractivity contribution in [3.05, 3.63) is 36.0 Å². The molecule has 0 aliphatic carbocycles. The normalized spacial score (nSPS) is 16.3. The molecule has 174 valence electrons. The lowest BCUT2D eigenvalue weighted by Crippen LogP contribution is -2.52. The van der Waals surface area contributed by atoms with Crippen molar-refractivity contribution in [2.75, 3.05) is 44.2 Å². The Hall–Kier alpha value is -2.79. The van der Waals surface area contributed by atoms with Gasteiger partial charge in [0.1, 0.15) is 0 Å². The first-order valence-corrected chi connectivity index (χ1v) is 10.4. The third-order valence-corrected chi connectivity index (χ3v) is 5.43. The molecule has 32 heavy (non-hydrogen) atoms. The fraction of sp³-hybridized carbons (Fsp3) is 0.524. The molecule has 1 fully saturated rings. The number of benzene rings is 1. The summed E-state index contributed by atoms with van der Waals surface area (Å²) in [5.74, 6) is 0.405. The van der Waals surface area contributed by atoms with Gasteiger partial charge >= 0.3 is 6.18 Å². The molecular formula is C21H27F3N6O2. The van der Waals surface area contributed by atoms with Gasteiger partial charge in [0.15, 0.2) is 0 Å². The van der Waals surface area contributed by atoms with Crippen LogP contribution < -0.4 is 10.2 Å². The number of hydrogen-bond acceptors (Lipinski definition) is 7. The highest BCUT2D eigenvalue weighted by Crippen LogP contribution is 2.30. The number of aromatic nitrogens is 3. The highest BCUT2D eigenvalue weighted by atomic mass is 19.4. The minimum atomic E-state index is -4.39. The third kappa shape index (κ3) is 6.13. The van der Waals surface area contributed by atoms with Crippen molar-refractivity contribution in [3.8, 4) is 11.3 Å². The van der Waals surface area contributed by atoms with Crippen molar-refractivity contribution in [1.29, 1.82) is 0 Å². The summed E-state index contributed by atoms with van der Waals surface area (Å²) in [6, 6.07) is 4.49. The van der Waals surface area contributed by atoms with Gasteiger partial charge in [0, 0.05) is 31.7 Å². The molecular weight excluding hydrogens is 425 g/mol. The second-order valence-corrected chi connectivity index (χ2v) is 8.08. The first-order chi connectivity index (χ1) is 15.2. The van der Waals surface area contributed by atoms with Crippen LogP contribution in [0.15, 0.2) is 30.5 Å². The minimum Gasteiger partial charge on any atom is -0.394 e. The van der Waals surface area contributed by atoms with Gasteiger partial charge in [-0.1, -0.05) is 26.0 Å². The van der Waals surface area contributed by atoms with E-state index in [0.717, 1.165) is 12.1 Å². The predicted octanol–water partition coefficient (Wildman–Crippen LogP) is 1.81. The zero-order valence-electron chi connectivity index (χ0n) is 18.0. The molecule has 1 aliphatic heterocycles. The standard InChI is InChI=1S/C21H27F3N6O2/c1-14(2)18(13-31)26-19(32)12-29-7-9-30(10-8-29)20-27-17(11-25-28-20)15-3-5-16(6-4-15)21(22,23)24/h3-6,11,14,18,31H,7-10,12-13H2,1-2H3,(H,26,32)/t18-/m1/s1. The van der Waals surface area contributed by atoms with Crippen molar-refractivity contribution in [2.24, 2.45) is 5.92 Å². The van der Waals surface area contributed by atoms with E-state index in [1.807, 2.05) is 23.6 Å². The van der Waals surface area contributed by atoms with Gasteiger partial charge in [-0.2, -0.15) is 18.3 Å². The van der Waals surface area contributed by atoms with Gasteiger partial charge in [-0.25, -0.2) is 4.98 Å². The van der Waals surface area contributed by atoms with E-state index in [-0.39, 0.29) is 31.0 Å². The van der Waals surface area contributed by atoms with Crippen LogP contribution in [0, 0.1) is 5.92 Å². The summed E-state index contributed by atoms with van der Waals surface area (Å²) >= 11 is 0. The predicted molar refractivity (Wildman–Crippen MR) is 113 cm³/mol. The summed E-state index contributed by atoms with van der Waals surface area (Å²) in [4.78, 5) is 20.6. The first-order valence-electron chi connectivity index (χ1n) is 10.4. The fourth-order valence-electron chi connectivity index (χ4n) is 3.38. The average molecular weight is 452 g/mol. The number of nitrogens with one attached hydrogen (secondary N) is 1. The van der Waals surface area contributed by atoms with Crippen molar-refractivity contribution in [3.63, 3.8) is 0 Å². The molecule has 1 amide bonds. The number of amides is 1. The maximum Gasteiger partial charge on any atom is 0.416 e. The molecule has 2 aromatic rings. The maximum atomic E-state index is 12.8. The number of piperazine rings is 1. The van der Waals surface area contributed by atoms with Crippen LogP contribution in [0.5, 0.6) is 0 Å². The van der Waals surface area contributed by atoms with Gasteiger partial charge < -0.3 is 15.3 Å². The molecule has 0 radical (unpaired) electrons. The van der Waals surface area contributed by atoms with E-state index in [9.17, 15) is 23.1 Å². The number of hydrogen-bond donors (Lipinski definition) is 2. The zero-order valence-corrected chi connectivity index (χ0v) is 18.0. The summed E-state index contributed by atoms with van der Waals surface area (Å²) in [7, 11) is 0. The molecule has 0 bridgehead atoms. The smallest absolute Gasteiger partial charge is 0.394 e. The lowest BCUT2D eigenvalue weighted by molar-refractivity contribution is -0.137. The van der Waals surface area contributed by atoms with E-state index >= 15 is 0 Å². The van der Waals surface area contributed by atoms with Gasteiger partial charge in [0.2, 0.25) is 11.9 Å².